The predicted molar refractivity (Wildman–Crippen MR) is 110 cm³/mol. The smallest absolute Gasteiger partial charge is 0.191 e. The molecule has 1 aromatic carbocycles. The van der Waals surface area contributed by atoms with Gasteiger partial charge in [-0.15, -0.1) is 0 Å². The summed E-state index contributed by atoms with van der Waals surface area (Å²) in [6.45, 7) is 13.5. The fourth-order valence-corrected chi connectivity index (χ4v) is 3.71. The van der Waals surface area contributed by atoms with E-state index >= 15 is 0 Å². The van der Waals surface area contributed by atoms with Crippen LogP contribution in [0.25, 0.3) is 0 Å². The van der Waals surface area contributed by atoms with Crippen LogP contribution in [-0.4, -0.2) is 92.7 Å². The molecule has 3 rings (SSSR count). The summed E-state index contributed by atoms with van der Waals surface area (Å²) < 4.78 is 0. The average molecular weight is 379 g/mol. The number of halogens is 1. The van der Waals surface area contributed by atoms with Crippen LogP contribution in [0.5, 0.6) is 0 Å². The Morgan fingerprint density at radius 3 is 2.19 bits per heavy atom. The number of guanidine groups is 1. The molecule has 26 heavy (non-hydrogen) atoms. The van der Waals surface area contributed by atoms with Crippen molar-refractivity contribution in [2.24, 2.45) is 10.7 Å². The maximum atomic E-state index is 6.22. The number of rotatable bonds is 5. The van der Waals surface area contributed by atoms with Crippen molar-refractivity contribution in [2.45, 2.75) is 6.92 Å². The molecule has 2 aliphatic heterocycles. The van der Waals surface area contributed by atoms with Gasteiger partial charge < -0.3 is 20.4 Å². The Hall–Kier alpha value is -1.50. The molecular weight excluding hydrogens is 348 g/mol. The third-order valence-electron chi connectivity index (χ3n) is 5.40. The molecule has 144 valence electrons. The molecule has 2 saturated heterocycles. The van der Waals surface area contributed by atoms with Gasteiger partial charge in [0.15, 0.2) is 5.96 Å². The average Bonchev–Trinajstić information content (AvgIpc) is 2.69. The Labute approximate surface area is 162 Å². The molecule has 0 bridgehead atoms. The quantitative estimate of drug-likeness (QED) is 0.620. The van der Waals surface area contributed by atoms with E-state index in [0.717, 1.165) is 63.9 Å². The van der Waals surface area contributed by atoms with Crippen molar-refractivity contribution in [3.63, 3.8) is 0 Å². The van der Waals surface area contributed by atoms with Crippen molar-refractivity contribution in [2.75, 3.05) is 76.9 Å². The first kappa shape index (κ1) is 19.3. The summed E-state index contributed by atoms with van der Waals surface area (Å²) in [5.41, 5.74) is 7.44. The van der Waals surface area contributed by atoms with Gasteiger partial charge in [-0.2, -0.15) is 0 Å². The lowest BCUT2D eigenvalue weighted by Gasteiger charge is -2.37. The first-order valence-electron chi connectivity index (χ1n) is 9.66. The molecule has 0 atom stereocenters. The van der Waals surface area contributed by atoms with E-state index in [1.165, 1.54) is 18.8 Å². The van der Waals surface area contributed by atoms with Crippen LogP contribution in [0, 0.1) is 0 Å². The highest BCUT2D eigenvalue weighted by Gasteiger charge is 2.19. The fourth-order valence-electron chi connectivity index (χ4n) is 3.58. The van der Waals surface area contributed by atoms with Gasteiger partial charge in [0.05, 0.1) is 6.54 Å². The second kappa shape index (κ2) is 9.44. The van der Waals surface area contributed by atoms with Gasteiger partial charge in [-0.1, -0.05) is 18.5 Å². The highest BCUT2D eigenvalue weighted by Crippen LogP contribution is 2.19. The van der Waals surface area contributed by atoms with Gasteiger partial charge in [-0.25, -0.2) is 0 Å². The first-order valence-corrected chi connectivity index (χ1v) is 10.0. The minimum absolute atomic E-state index is 0.688. The largest absolute Gasteiger partial charge is 0.370 e. The van der Waals surface area contributed by atoms with E-state index in [1.807, 2.05) is 12.1 Å². The maximum Gasteiger partial charge on any atom is 0.191 e. The zero-order valence-electron chi connectivity index (χ0n) is 15.8. The van der Waals surface area contributed by atoms with Crippen LogP contribution in [0.1, 0.15) is 6.92 Å². The van der Waals surface area contributed by atoms with Crippen LogP contribution < -0.4 is 10.6 Å². The first-order chi connectivity index (χ1) is 12.7. The number of likely N-dealkylation sites (N-methyl/N-ethyl adjacent to an activating group) is 1. The lowest BCUT2D eigenvalue weighted by Crippen LogP contribution is -2.51. The summed E-state index contributed by atoms with van der Waals surface area (Å²) in [5, 5.41) is 0.778. The fraction of sp³-hybridized carbons (Fsp3) is 0.632. The number of aliphatic imine (C=N–C) groups is 1. The van der Waals surface area contributed by atoms with Crippen LogP contribution in [0.3, 0.4) is 0 Å². The zero-order chi connectivity index (χ0) is 18.4. The van der Waals surface area contributed by atoms with Crippen LogP contribution in [-0.2, 0) is 0 Å². The number of hydrogen-bond donors (Lipinski definition) is 1. The van der Waals surface area contributed by atoms with Gasteiger partial charge in [0.1, 0.15) is 0 Å². The normalized spacial score (nSPS) is 20.6. The molecular formula is C19H31ClN6. The highest BCUT2D eigenvalue weighted by molar-refractivity contribution is 6.30. The number of nitrogens with zero attached hydrogens (tertiary/aromatic N) is 5. The van der Waals surface area contributed by atoms with Crippen LogP contribution in [0.15, 0.2) is 29.3 Å². The van der Waals surface area contributed by atoms with Crippen molar-refractivity contribution >= 4 is 23.2 Å². The second-order valence-electron chi connectivity index (χ2n) is 6.97. The van der Waals surface area contributed by atoms with Gasteiger partial charge in [0.2, 0.25) is 0 Å². The highest BCUT2D eigenvalue weighted by atomic mass is 35.5. The third-order valence-corrected chi connectivity index (χ3v) is 5.65. The maximum absolute atomic E-state index is 6.22. The Kier molecular flexibility index (Phi) is 7.00. The summed E-state index contributed by atoms with van der Waals surface area (Å²) in [6.07, 6.45) is 0. The second-order valence-corrected chi connectivity index (χ2v) is 7.40. The van der Waals surface area contributed by atoms with Gasteiger partial charge in [0, 0.05) is 69.6 Å². The minimum Gasteiger partial charge on any atom is -0.370 e. The van der Waals surface area contributed by atoms with Crippen molar-refractivity contribution in [1.29, 1.82) is 0 Å². The summed E-state index contributed by atoms with van der Waals surface area (Å²) >= 11 is 5.97. The minimum atomic E-state index is 0.688. The zero-order valence-corrected chi connectivity index (χ0v) is 16.5. The Morgan fingerprint density at radius 1 is 0.962 bits per heavy atom. The van der Waals surface area contributed by atoms with Crippen molar-refractivity contribution in [1.82, 2.24) is 14.7 Å². The summed E-state index contributed by atoms with van der Waals surface area (Å²) in [4.78, 5) is 14.2. The molecule has 0 saturated carbocycles. The molecule has 1 aromatic rings. The molecule has 7 heteroatoms. The molecule has 0 amide bonds. The van der Waals surface area contributed by atoms with Gasteiger partial charge in [-0.05, 0) is 30.8 Å². The lowest BCUT2D eigenvalue weighted by molar-refractivity contribution is 0.140. The van der Waals surface area contributed by atoms with Crippen LogP contribution in [0.4, 0.5) is 5.69 Å². The standard InChI is InChI=1S/C19H31ClN6/c1-2-23-9-11-24(12-10-23)8-7-22-19(21)26-15-13-25(14-16-26)18-5-3-17(20)4-6-18/h3-6H,2,7-16H2,1H3,(H2,21,22). The van der Waals surface area contributed by atoms with Gasteiger partial charge in [-0.3, -0.25) is 9.89 Å². The molecule has 0 unspecified atom stereocenters. The number of nitrogens with two attached hydrogens (primary N) is 1. The molecule has 0 aromatic heterocycles. The molecule has 2 N–H and O–H groups in total. The van der Waals surface area contributed by atoms with E-state index in [4.69, 9.17) is 17.3 Å². The molecule has 0 aliphatic carbocycles. The van der Waals surface area contributed by atoms with Gasteiger partial charge >= 0.3 is 0 Å². The molecule has 2 heterocycles. The van der Waals surface area contributed by atoms with Crippen molar-refractivity contribution in [3.05, 3.63) is 29.3 Å². The predicted octanol–water partition coefficient (Wildman–Crippen LogP) is 1.41. The molecule has 2 fully saturated rings. The number of piperazine rings is 2. The molecule has 0 spiro atoms. The van der Waals surface area contributed by atoms with E-state index in [0.29, 0.717) is 5.96 Å². The van der Waals surface area contributed by atoms with E-state index in [-0.39, 0.29) is 0 Å². The van der Waals surface area contributed by atoms with Crippen molar-refractivity contribution < 1.29 is 0 Å². The Morgan fingerprint density at radius 2 is 1.58 bits per heavy atom. The van der Waals surface area contributed by atoms with E-state index in [1.54, 1.807) is 0 Å². The summed E-state index contributed by atoms with van der Waals surface area (Å²) in [5.74, 6) is 0.688. The Bertz CT molecular complexity index is 574. The van der Waals surface area contributed by atoms with Crippen LogP contribution >= 0.6 is 11.6 Å². The third kappa shape index (κ3) is 5.25. The van der Waals surface area contributed by atoms with E-state index in [2.05, 4.69) is 43.6 Å². The van der Waals surface area contributed by atoms with Gasteiger partial charge in [0.25, 0.3) is 0 Å². The SMILES string of the molecule is CCN1CCN(CCN=C(N)N2CCN(c3ccc(Cl)cc3)CC2)CC1. The van der Waals surface area contributed by atoms with Crippen molar-refractivity contribution in [3.8, 4) is 0 Å². The van der Waals surface area contributed by atoms with E-state index < -0.39 is 0 Å². The summed E-state index contributed by atoms with van der Waals surface area (Å²) in [6, 6.07) is 8.04. The lowest BCUT2D eigenvalue weighted by atomic mass is 10.2. The Balaban J connectivity index is 1.39. The number of benzene rings is 1. The molecule has 2 aliphatic rings. The number of hydrogen-bond acceptors (Lipinski definition) is 4. The molecule has 6 nitrogen and oxygen atoms in total. The monoisotopic (exact) mass is 378 g/mol. The van der Waals surface area contributed by atoms with Crippen LogP contribution in [0.2, 0.25) is 5.02 Å². The summed E-state index contributed by atoms with van der Waals surface area (Å²) in [7, 11) is 0. The molecule has 0 radical (unpaired) electrons. The van der Waals surface area contributed by atoms with E-state index in [9.17, 15) is 0 Å². The topological polar surface area (TPSA) is 51.3 Å². The number of anilines is 1.